The third kappa shape index (κ3) is 3.08. The Labute approximate surface area is 102 Å². The Bertz CT molecular complexity index is 392. The van der Waals surface area contributed by atoms with Gasteiger partial charge in [0.25, 0.3) is 0 Å². The predicted molar refractivity (Wildman–Crippen MR) is 65.0 cm³/mol. The third-order valence-corrected chi connectivity index (χ3v) is 3.58. The van der Waals surface area contributed by atoms with Crippen LogP contribution in [0.4, 0.5) is 0 Å². The Morgan fingerprint density at radius 2 is 2.18 bits per heavy atom. The molecule has 1 aliphatic carbocycles. The molecule has 17 heavy (non-hydrogen) atoms. The first-order valence-corrected chi connectivity index (χ1v) is 6.40. The molecule has 4 nitrogen and oxygen atoms in total. The molecule has 1 aliphatic rings. The molecule has 0 spiro atoms. The highest BCUT2D eigenvalue weighted by Crippen LogP contribution is 2.31. The van der Waals surface area contributed by atoms with E-state index in [-0.39, 0.29) is 6.42 Å². The molecular formula is C13H20N2O2. The second-order valence-electron chi connectivity index (χ2n) is 4.92. The number of imidazole rings is 1. The van der Waals surface area contributed by atoms with Gasteiger partial charge in [0, 0.05) is 25.6 Å². The van der Waals surface area contributed by atoms with Crippen LogP contribution in [-0.4, -0.2) is 20.6 Å². The lowest BCUT2D eigenvalue weighted by Crippen LogP contribution is -2.05. The summed E-state index contributed by atoms with van der Waals surface area (Å²) in [5.74, 6) is 0.730. The molecule has 1 fully saturated rings. The highest BCUT2D eigenvalue weighted by Gasteiger charge is 2.19. The van der Waals surface area contributed by atoms with Crippen molar-refractivity contribution < 1.29 is 9.90 Å². The maximum atomic E-state index is 10.6. The predicted octanol–water partition coefficient (Wildman–Crippen LogP) is 2.49. The summed E-state index contributed by atoms with van der Waals surface area (Å²) in [6.07, 6.45) is 9.16. The van der Waals surface area contributed by atoms with Gasteiger partial charge in [-0.1, -0.05) is 19.3 Å². The van der Waals surface area contributed by atoms with E-state index in [1.807, 2.05) is 11.6 Å². The highest BCUT2D eigenvalue weighted by molar-refractivity contribution is 5.66. The molecule has 0 unspecified atom stereocenters. The highest BCUT2D eigenvalue weighted by atomic mass is 16.4. The topological polar surface area (TPSA) is 55.1 Å². The molecule has 0 radical (unpaired) electrons. The largest absolute Gasteiger partial charge is 0.481 e. The number of aromatic nitrogens is 2. The van der Waals surface area contributed by atoms with Crippen LogP contribution in [0.2, 0.25) is 0 Å². The minimum atomic E-state index is -0.757. The maximum Gasteiger partial charge on any atom is 0.303 e. The van der Waals surface area contributed by atoms with Crippen LogP contribution in [0.3, 0.4) is 0 Å². The Morgan fingerprint density at radius 3 is 2.82 bits per heavy atom. The van der Waals surface area contributed by atoms with Crippen LogP contribution in [0.25, 0.3) is 0 Å². The smallest absolute Gasteiger partial charge is 0.303 e. The summed E-state index contributed by atoms with van der Waals surface area (Å²) >= 11 is 0. The van der Waals surface area contributed by atoms with Crippen molar-refractivity contribution in [3.63, 3.8) is 0 Å². The van der Waals surface area contributed by atoms with Gasteiger partial charge in [0.2, 0.25) is 0 Å². The molecule has 1 saturated carbocycles. The van der Waals surface area contributed by atoms with E-state index in [2.05, 4.69) is 11.2 Å². The summed E-state index contributed by atoms with van der Waals surface area (Å²) in [7, 11) is 1.95. The van der Waals surface area contributed by atoms with Crippen molar-refractivity contribution in [2.24, 2.45) is 7.05 Å². The van der Waals surface area contributed by atoms with Crippen LogP contribution >= 0.6 is 0 Å². The minimum absolute atomic E-state index is 0.162. The van der Waals surface area contributed by atoms with Crippen LogP contribution < -0.4 is 0 Å². The van der Waals surface area contributed by atoms with E-state index in [1.165, 1.54) is 32.1 Å². The van der Waals surface area contributed by atoms with E-state index in [0.29, 0.717) is 12.3 Å². The van der Waals surface area contributed by atoms with Gasteiger partial charge in [0.15, 0.2) is 0 Å². The minimum Gasteiger partial charge on any atom is -0.481 e. The second kappa shape index (κ2) is 5.34. The van der Waals surface area contributed by atoms with Crippen molar-refractivity contribution in [1.82, 2.24) is 9.55 Å². The first-order valence-electron chi connectivity index (χ1n) is 6.40. The Kier molecular flexibility index (Phi) is 3.82. The number of aliphatic carboxylic acids is 1. The summed E-state index contributed by atoms with van der Waals surface area (Å²) in [5, 5.41) is 8.68. The van der Waals surface area contributed by atoms with E-state index < -0.39 is 5.97 Å². The van der Waals surface area contributed by atoms with Gasteiger partial charge in [-0.05, 0) is 12.8 Å². The first kappa shape index (κ1) is 12.1. The van der Waals surface area contributed by atoms with Crippen molar-refractivity contribution in [1.29, 1.82) is 0 Å². The van der Waals surface area contributed by atoms with E-state index in [9.17, 15) is 4.79 Å². The average Bonchev–Trinajstić information content (AvgIpc) is 2.69. The molecule has 1 heterocycles. The zero-order chi connectivity index (χ0) is 12.3. The molecule has 2 rings (SSSR count). The summed E-state index contributed by atoms with van der Waals surface area (Å²) in [6, 6.07) is 0. The molecule has 0 bridgehead atoms. The molecule has 94 valence electrons. The molecule has 0 aromatic carbocycles. The lowest BCUT2D eigenvalue weighted by atomic mass is 9.87. The quantitative estimate of drug-likeness (QED) is 0.873. The SMILES string of the molecule is Cn1cc(C2CCCCC2)nc1CCC(=O)O. The Hall–Kier alpha value is -1.32. The van der Waals surface area contributed by atoms with Crippen molar-refractivity contribution in [3.05, 3.63) is 17.7 Å². The fourth-order valence-corrected chi connectivity index (χ4v) is 2.58. The molecule has 1 aromatic heterocycles. The summed E-state index contributed by atoms with van der Waals surface area (Å²) in [6.45, 7) is 0. The van der Waals surface area contributed by atoms with Gasteiger partial charge < -0.3 is 9.67 Å². The van der Waals surface area contributed by atoms with Gasteiger partial charge in [0.05, 0.1) is 12.1 Å². The van der Waals surface area contributed by atoms with E-state index in [1.54, 1.807) is 0 Å². The number of hydrogen-bond acceptors (Lipinski definition) is 2. The van der Waals surface area contributed by atoms with Crippen LogP contribution in [0.5, 0.6) is 0 Å². The van der Waals surface area contributed by atoms with Gasteiger partial charge in [-0.3, -0.25) is 4.79 Å². The zero-order valence-electron chi connectivity index (χ0n) is 10.4. The summed E-state index contributed by atoms with van der Waals surface area (Å²) in [5.41, 5.74) is 1.16. The van der Waals surface area contributed by atoms with Crippen LogP contribution in [0, 0.1) is 0 Å². The lowest BCUT2D eigenvalue weighted by Gasteiger charge is -2.19. The zero-order valence-corrected chi connectivity index (χ0v) is 10.4. The number of nitrogens with zero attached hydrogens (tertiary/aromatic N) is 2. The van der Waals surface area contributed by atoms with E-state index in [0.717, 1.165) is 11.5 Å². The van der Waals surface area contributed by atoms with Crippen LogP contribution in [0.15, 0.2) is 6.20 Å². The number of carbonyl (C=O) groups is 1. The number of carboxylic acid groups (broad SMARTS) is 1. The summed E-state index contributed by atoms with van der Waals surface area (Å²) in [4.78, 5) is 15.2. The van der Waals surface area contributed by atoms with Gasteiger partial charge in [-0.15, -0.1) is 0 Å². The molecule has 1 aromatic rings. The third-order valence-electron chi connectivity index (χ3n) is 3.58. The van der Waals surface area contributed by atoms with Gasteiger partial charge in [-0.2, -0.15) is 0 Å². The number of carboxylic acids is 1. The molecular weight excluding hydrogens is 216 g/mol. The Balaban J connectivity index is 2.03. The molecule has 1 N–H and O–H groups in total. The fraction of sp³-hybridized carbons (Fsp3) is 0.692. The average molecular weight is 236 g/mol. The van der Waals surface area contributed by atoms with Crippen molar-refractivity contribution in [2.45, 2.75) is 50.9 Å². The molecule has 0 aliphatic heterocycles. The van der Waals surface area contributed by atoms with Crippen LogP contribution in [0.1, 0.15) is 56.0 Å². The van der Waals surface area contributed by atoms with Gasteiger partial charge >= 0.3 is 5.97 Å². The number of aryl methyl sites for hydroxylation is 2. The van der Waals surface area contributed by atoms with Crippen molar-refractivity contribution in [3.8, 4) is 0 Å². The summed E-state index contributed by atoms with van der Waals surface area (Å²) < 4.78 is 1.98. The normalized spacial score (nSPS) is 17.2. The monoisotopic (exact) mass is 236 g/mol. The second-order valence-corrected chi connectivity index (χ2v) is 4.92. The lowest BCUT2D eigenvalue weighted by molar-refractivity contribution is -0.137. The standard InChI is InChI=1S/C13H20N2O2/c1-15-9-11(10-5-3-2-4-6-10)14-12(15)7-8-13(16)17/h9-10H,2-8H2,1H3,(H,16,17). The molecule has 0 amide bonds. The molecule has 0 atom stereocenters. The number of hydrogen-bond donors (Lipinski definition) is 1. The molecule has 0 saturated heterocycles. The van der Waals surface area contributed by atoms with Gasteiger partial charge in [-0.25, -0.2) is 4.98 Å². The van der Waals surface area contributed by atoms with E-state index in [4.69, 9.17) is 5.11 Å². The van der Waals surface area contributed by atoms with Gasteiger partial charge in [0.1, 0.15) is 5.82 Å². The fourth-order valence-electron chi connectivity index (χ4n) is 2.58. The van der Waals surface area contributed by atoms with E-state index >= 15 is 0 Å². The number of rotatable bonds is 4. The maximum absolute atomic E-state index is 10.6. The first-order chi connectivity index (χ1) is 8.16. The Morgan fingerprint density at radius 1 is 1.47 bits per heavy atom. The molecule has 4 heteroatoms. The van der Waals surface area contributed by atoms with Crippen molar-refractivity contribution >= 4 is 5.97 Å². The van der Waals surface area contributed by atoms with Crippen molar-refractivity contribution in [2.75, 3.05) is 0 Å². The van der Waals surface area contributed by atoms with Crippen LogP contribution in [-0.2, 0) is 18.3 Å².